The first-order chi connectivity index (χ1) is 6.24. The summed E-state index contributed by atoms with van der Waals surface area (Å²) < 4.78 is 0. The summed E-state index contributed by atoms with van der Waals surface area (Å²) in [4.78, 5) is 0. The van der Waals surface area contributed by atoms with Gasteiger partial charge in [-0.05, 0) is 32.1 Å². The fourth-order valence-corrected chi connectivity index (χ4v) is 2.13. The smallest absolute Gasteiger partial charge is 0.0499 e. The molecular weight excluding hydrogens is 164 g/mol. The van der Waals surface area contributed by atoms with Gasteiger partial charge in [-0.3, -0.25) is 0 Å². The van der Waals surface area contributed by atoms with E-state index in [1.165, 1.54) is 19.3 Å². The highest BCUT2D eigenvalue weighted by atomic mass is 16.3. The molecule has 2 rings (SSSR count). The molecule has 3 nitrogen and oxygen atoms in total. The van der Waals surface area contributed by atoms with Gasteiger partial charge in [-0.2, -0.15) is 0 Å². The molecule has 2 aliphatic rings. The maximum absolute atomic E-state index is 9.12. The molecule has 0 amide bonds. The molecule has 2 unspecified atom stereocenters. The van der Waals surface area contributed by atoms with Crippen molar-refractivity contribution in [1.29, 1.82) is 0 Å². The summed E-state index contributed by atoms with van der Waals surface area (Å²) in [5.74, 6) is 0. The van der Waals surface area contributed by atoms with Crippen molar-refractivity contribution in [2.24, 2.45) is 11.1 Å². The third-order valence-electron chi connectivity index (χ3n) is 3.53. The predicted molar refractivity (Wildman–Crippen MR) is 52.4 cm³/mol. The second-order valence-corrected chi connectivity index (χ2v) is 4.81. The van der Waals surface area contributed by atoms with Gasteiger partial charge >= 0.3 is 0 Å². The molecule has 0 saturated heterocycles. The normalized spacial score (nSPS) is 36.5. The molecule has 76 valence electrons. The van der Waals surface area contributed by atoms with Gasteiger partial charge in [-0.1, -0.05) is 0 Å². The monoisotopic (exact) mass is 184 g/mol. The molecular formula is C10H20N2O. The van der Waals surface area contributed by atoms with Crippen molar-refractivity contribution in [3.05, 3.63) is 0 Å². The number of rotatable bonds is 4. The topological polar surface area (TPSA) is 58.3 Å². The minimum absolute atomic E-state index is 0.243. The van der Waals surface area contributed by atoms with Crippen molar-refractivity contribution < 1.29 is 5.11 Å². The van der Waals surface area contributed by atoms with E-state index in [9.17, 15) is 0 Å². The van der Waals surface area contributed by atoms with Crippen molar-refractivity contribution in [1.82, 2.24) is 5.32 Å². The molecule has 0 aromatic rings. The van der Waals surface area contributed by atoms with Crippen LogP contribution in [0.2, 0.25) is 0 Å². The van der Waals surface area contributed by atoms with E-state index < -0.39 is 0 Å². The average molecular weight is 184 g/mol. The fraction of sp³-hybridized carbons (Fsp3) is 1.00. The van der Waals surface area contributed by atoms with Gasteiger partial charge in [0.1, 0.15) is 0 Å². The molecule has 0 aliphatic heterocycles. The van der Waals surface area contributed by atoms with Crippen molar-refractivity contribution in [2.75, 3.05) is 13.2 Å². The van der Waals surface area contributed by atoms with Gasteiger partial charge < -0.3 is 16.2 Å². The molecule has 3 heteroatoms. The Morgan fingerprint density at radius 2 is 2.15 bits per heavy atom. The van der Waals surface area contributed by atoms with E-state index in [2.05, 4.69) is 5.32 Å². The predicted octanol–water partition coefficient (Wildman–Crippen LogP) is 0.228. The van der Waals surface area contributed by atoms with Crippen LogP contribution in [0, 0.1) is 5.41 Å². The average Bonchev–Trinajstić information content (AvgIpc) is 2.81. The molecule has 2 saturated carbocycles. The van der Waals surface area contributed by atoms with E-state index in [1.54, 1.807) is 0 Å². The molecule has 0 radical (unpaired) electrons. The van der Waals surface area contributed by atoms with Gasteiger partial charge in [0.05, 0.1) is 0 Å². The molecule has 2 atom stereocenters. The lowest BCUT2D eigenvalue weighted by Gasteiger charge is -2.17. The maximum Gasteiger partial charge on any atom is 0.0499 e. The van der Waals surface area contributed by atoms with Gasteiger partial charge in [0.15, 0.2) is 0 Å². The highest BCUT2D eigenvalue weighted by Gasteiger charge is 2.42. The largest absolute Gasteiger partial charge is 0.396 e. The maximum atomic E-state index is 9.12. The van der Waals surface area contributed by atoms with Crippen LogP contribution in [0.15, 0.2) is 0 Å². The van der Waals surface area contributed by atoms with E-state index in [-0.39, 0.29) is 5.41 Å². The van der Waals surface area contributed by atoms with Crippen LogP contribution >= 0.6 is 0 Å². The number of hydrogen-bond acceptors (Lipinski definition) is 3. The summed E-state index contributed by atoms with van der Waals surface area (Å²) in [5, 5.41) is 12.6. The molecule has 2 fully saturated rings. The van der Waals surface area contributed by atoms with E-state index in [4.69, 9.17) is 10.8 Å². The van der Waals surface area contributed by atoms with Crippen molar-refractivity contribution in [3.63, 3.8) is 0 Å². The Hall–Kier alpha value is -0.120. The van der Waals surface area contributed by atoms with Crippen LogP contribution in [0.3, 0.4) is 0 Å². The fourth-order valence-electron chi connectivity index (χ4n) is 2.13. The first kappa shape index (κ1) is 9.44. The minimum atomic E-state index is 0.243. The number of aliphatic hydroxyl groups is 1. The van der Waals surface area contributed by atoms with Gasteiger partial charge in [-0.15, -0.1) is 0 Å². The molecule has 0 aromatic carbocycles. The first-order valence-corrected chi connectivity index (χ1v) is 5.34. The van der Waals surface area contributed by atoms with Crippen LogP contribution in [-0.2, 0) is 0 Å². The zero-order chi connectivity index (χ0) is 9.31. The lowest BCUT2D eigenvalue weighted by molar-refractivity contribution is 0.204. The highest BCUT2D eigenvalue weighted by molar-refractivity contribution is 4.96. The van der Waals surface area contributed by atoms with Gasteiger partial charge in [0, 0.05) is 30.7 Å². The third-order valence-corrected chi connectivity index (χ3v) is 3.53. The Morgan fingerprint density at radius 3 is 2.62 bits per heavy atom. The molecule has 2 aliphatic carbocycles. The lowest BCUT2D eigenvalue weighted by Crippen LogP contribution is -2.34. The summed E-state index contributed by atoms with van der Waals surface area (Å²) in [6, 6.07) is 1.01. The second-order valence-electron chi connectivity index (χ2n) is 4.81. The van der Waals surface area contributed by atoms with Crippen LogP contribution in [0.25, 0.3) is 0 Å². The van der Waals surface area contributed by atoms with Crippen molar-refractivity contribution in [2.45, 2.75) is 44.2 Å². The number of nitrogens with two attached hydrogens (primary N) is 1. The van der Waals surface area contributed by atoms with Crippen LogP contribution < -0.4 is 11.1 Å². The van der Waals surface area contributed by atoms with Gasteiger partial charge in [0.2, 0.25) is 0 Å². The van der Waals surface area contributed by atoms with Crippen LogP contribution in [0.4, 0.5) is 0 Å². The van der Waals surface area contributed by atoms with E-state index in [0.717, 1.165) is 19.4 Å². The molecule has 0 heterocycles. The SMILES string of the molecule is NC1CCC(NCC2(CO)CC2)C1. The first-order valence-electron chi connectivity index (χ1n) is 5.34. The Balaban J connectivity index is 1.68. The van der Waals surface area contributed by atoms with E-state index in [1.807, 2.05) is 0 Å². The highest BCUT2D eigenvalue weighted by Crippen LogP contribution is 2.44. The Bertz CT molecular complexity index is 180. The minimum Gasteiger partial charge on any atom is -0.396 e. The Labute approximate surface area is 79.7 Å². The summed E-state index contributed by atoms with van der Waals surface area (Å²) in [6.07, 6.45) is 5.86. The Kier molecular flexibility index (Phi) is 2.58. The summed E-state index contributed by atoms with van der Waals surface area (Å²) in [7, 11) is 0. The van der Waals surface area contributed by atoms with E-state index in [0.29, 0.717) is 18.7 Å². The Morgan fingerprint density at radius 1 is 1.38 bits per heavy atom. The second kappa shape index (κ2) is 3.56. The molecule has 0 spiro atoms. The molecule has 4 N–H and O–H groups in total. The zero-order valence-electron chi connectivity index (χ0n) is 8.13. The summed E-state index contributed by atoms with van der Waals surface area (Å²) >= 11 is 0. The van der Waals surface area contributed by atoms with Crippen LogP contribution in [0.5, 0.6) is 0 Å². The quantitative estimate of drug-likeness (QED) is 0.586. The number of aliphatic hydroxyl groups excluding tert-OH is 1. The number of nitrogens with one attached hydrogen (secondary N) is 1. The van der Waals surface area contributed by atoms with Crippen LogP contribution in [-0.4, -0.2) is 30.3 Å². The summed E-state index contributed by atoms with van der Waals surface area (Å²) in [6.45, 7) is 1.33. The molecule has 0 bridgehead atoms. The van der Waals surface area contributed by atoms with Gasteiger partial charge in [-0.25, -0.2) is 0 Å². The van der Waals surface area contributed by atoms with Gasteiger partial charge in [0.25, 0.3) is 0 Å². The molecule has 0 aromatic heterocycles. The standard InChI is InChI=1S/C10H20N2O/c11-8-1-2-9(5-8)12-6-10(7-13)3-4-10/h8-9,12-13H,1-7,11H2. The number of hydrogen-bond donors (Lipinski definition) is 3. The lowest BCUT2D eigenvalue weighted by atomic mass is 10.1. The third kappa shape index (κ3) is 2.22. The zero-order valence-corrected chi connectivity index (χ0v) is 8.13. The van der Waals surface area contributed by atoms with E-state index >= 15 is 0 Å². The molecule has 13 heavy (non-hydrogen) atoms. The van der Waals surface area contributed by atoms with Crippen LogP contribution in [0.1, 0.15) is 32.1 Å². The van der Waals surface area contributed by atoms with Crippen molar-refractivity contribution in [3.8, 4) is 0 Å². The van der Waals surface area contributed by atoms with Crippen molar-refractivity contribution >= 4 is 0 Å². The summed E-state index contributed by atoms with van der Waals surface area (Å²) in [5.41, 5.74) is 6.07.